The minimum Gasteiger partial charge on any atom is -0.328 e. The van der Waals surface area contributed by atoms with Gasteiger partial charge >= 0.3 is 0 Å². The maximum atomic E-state index is 5.86. The maximum Gasteiger partial charge on any atom is 0.0912 e. The summed E-state index contributed by atoms with van der Waals surface area (Å²) >= 11 is 5.86. The molecular weight excluding hydrogens is 136 g/mol. The molecule has 54 valence electrons. The maximum absolute atomic E-state index is 5.86. The summed E-state index contributed by atoms with van der Waals surface area (Å²) in [7, 11) is 0. The van der Waals surface area contributed by atoms with Gasteiger partial charge in [-0.15, -0.1) is 11.6 Å². The summed E-state index contributed by atoms with van der Waals surface area (Å²) < 4.78 is 0. The van der Waals surface area contributed by atoms with Crippen LogP contribution in [-0.2, 0) is 0 Å². The van der Waals surface area contributed by atoms with Crippen molar-refractivity contribution in [2.45, 2.75) is 36.7 Å². The first-order valence-electron chi connectivity index (χ1n) is 3.33. The molecule has 1 fully saturated rings. The Morgan fingerprint density at radius 1 is 1.33 bits per heavy atom. The Hall–Kier alpha value is 0.210. The largest absolute Gasteiger partial charge is 0.328 e. The fourth-order valence-electron chi connectivity index (χ4n) is 1.12. The van der Waals surface area contributed by atoms with Gasteiger partial charge < -0.3 is 11.5 Å². The lowest BCUT2D eigenvalue weighted by Crippen LogP contribution is -2.41. The standard InChI is InChI=1S/C6H13ClN2/c7-6(9)3-1-5(8)2-4-6/h5H,1-4,8-9H2. The summed E-state index contributed by atoms with van der Waals surface area (Å²) in [4.78, 5) is -0.449. The molecule has 0 aromatic heterocycles. The first kappa shape index (κ1) is 7.32. The topological polar surface area (TPSA) is 52.0 Å². The van der Waals surface area contributed by atoms with E-state index in [0.717, 1.165) is 25.7 Å². The van der Waals surface area contributed by atoms with Crippen molar-refractivity contribution in [1.29, 1.82) is 0 Å². The summed E-state index contributed by atoms with van der Waals surface area (Å²) in [5.41, 5.74) is 11.3. The van der Waals surface area contributed by atoms with E-state index in [9.17, 15) is 0 Å². The molecule has 1 rings (SSSR count). The average molecular weight is 149 g/mol. The van der Waals surface area contributed by atoms with E-state index in [2.05, 4.69) is 0 Å². The highest BCUT2D eigenvalue weighted by molar-refractivity contribution is 6.23. The smallest absolute Gasteiger partial charge is 0.0912 e. The fourth-order valence-corrected chi connectivity index (χ4v) is 1.34. The number of hydrogen-bond acceptors (Lipinski definition) is 2. The number of hydrogen-bond donors (Lipinski definition) is 2. The second-order valence-electron chi connectivity index (χ2n) is 2.87. The Kier molecular flexibility index (Phi) is 1.99. The van der Waals surface area contributed by atoms with Crippen LogP contribution in [0.15, 0.2) is 0 Å². The molecule has 0 bridgehead atoms. The van der Waals surface area contributed by atoms with Gasteiger partial charge in [-0.2, -0.15) is 0 Å². The first-order chi connectivity index (χ1) is 4.10. The van der Waals surface area contributed by atoms with Crippen molar-refractivity contribution in [1.82, 2.24) is 0 Å². The van der Waals surface area contributed by atoms with Gasteiger partial charge in [0.05, 0.1) is 5.00 Å². The van der Waals surface area contributed by atoms with Crippen molar-refractivity contribution in [2.24, 2.45) is 11.5 Å². The van der Waals surface area contributed by atoms with E-state index in [4.69, 9.17) is 23.1 Å². The average Bonchev–Trinajstić information content (AvgIpc) is 1.78. The van der Waals surface area contributed by atoms with Gasteiger partial charge in [0, 0.05) is 6.04 Å². The zero-order valence-electron chi connectivity index (χ0n) is 5.44. The minimum absolute atomic E-state index is 0.334. The molecule has 2 nitrogen and oxygen atoms in total. The Morgan fingerprint density at radius 2 is 1.78 bits per heavy atom. The van der Waals surface area contributed by atoms with Crippen LogP contribution in [-0.4, -0.2) is 11.0 Å². The molecule has 0 unspecified atom stereocenters. The van der Waals surface area contributed by atoms with Crippen LogP contribution in [0, 0.1) is 0 Å². The van der Waals surface area contributed by atoms with Crippen LogP contribution in [0.5, 0.6) is 0 Å². The Balaban J connectivity index is 2.35. The summed E-state index contributed by atoms with van der Waals surface area (Å²) in [6.45, 7) is 0. The third-order valence-corrected chi connectivity index (χ3v) is 2.24. The zero-order chi connectivity index (χ0) is 6.91. The van der Waals surface area contributed by atoms with Crippen molar-refractivity contribution in [3.8, 4) is 0 Å². The van der Waals surface area contributed by atoms with Crippen molar-refractivity contribution in [3.63, 3.8) is 0 Å². The normalized spacial score (nSPS) is 45.0. The molecule has 9 heavy (non-hydrogen) atoms. The van der Waals surface area contributed by atoms with Crippen molar-refractivity contribution in [2.75, 3.05) is 0 Å². The quantitative estimate of drug-likeness (QED) is 0.394. The molecular formula is C6H13ClN2. The molecule has 1 saturated carbocycles. The number of rotatable bonds is 0. The lowest BCUT2D eigenvalue weighted by atomic mass is 9.92. The highest BCUT2D eigenvalue weighted by atomic mass is 35.5. The zero-order valence-corrected chi connectivity index (χ0v) is 6.19. The molecule has 0 heterocycles. The predicted molar refractivity (Wildman–Crippen MR) is 39.2 cm³/mol. The molecule has 1 aliphatic rings. The van der Waals surface area contributed by atoms with E-state index in [1.54, 1.807) is 0 Å². The molecule has 3 heteroatoms. The van der Waals surface area contributed by atoms with E-state index >= 15 is 0 Å². The highest BCUT2D eigenvalue weighted by Crippen LogP contribution is 2.28. The van der Waals surface area contributed by atoms with Crippen molar-refractivity contribution >= 4 is 11.6 Å². The molecule has 0 aromatic rings. The van der Waals surface area contributed by atoms with Gasteiger partial charge in [-0.3, -0.25) is 0 Å². The summed E-state index contributed by atoms with van der Waals surface area (Å²) in [5.74, 6) is 0. The molecule has 0 amide bonds. The van der Waals surface area contributed by atoms with Crippen LogP contribution in [0.4, 0.5) is 0 Å². The second kappa shape index (κ2) is 2.45. The monoisotopic (exact) mass is 148 g/mol. The van der Waals surface area contributed by atoms with Crippen LogP contribution in [0.25, 0.3) is 0 Å². The van der Waals surface area contributed by atoms with E-state index in [1.165, 1.54) is 0 Å². The molecule has 0 spiro atoms. The Morgan fingerprint density at radius 3 is 2.11 bits per heavy atom. The van der Waals surface area contributed by atoms with Gasteiger partial charge in [0.25, 0.3) is 0 Å². The van der Waals surface area contributed by atoms with Crippen molar-refractivity contribution in [3.05, 3.63) is 0 Å². The van der Waals surface area contributed by atoms with Crippen molar-refractivity contribution < 1.29 is 0 Å². The molecule has 0 aromatic carbocycles. The van der Waals surface area contributed by atoms with E-state index in [1.807, 2.05) is 0 Å². The minimum atomic E-state index is -0.449. The van der Waals surface area contributed by atoms with Gasteiger partial charge in [0.1, 0.15) is 0 Å². The van der Waals surface area contributed by atoms with Gasteiger partial charge in [0.2, 0.25) is 0 Å². The molecule has 1 aliphatic carbocycles. The summed E-state index contributed by atoms with van der Waals surface area (Å²) in [5, 5.41) is 0. The van der Waals surface area contributed by atoms with Crippen LogP contribution in [0.1, 0.15) is 25.7 Å². The van der Waals surface area contributed by atoms with Gasteiger partial charge in [0.15, 0.2) is 0 Å². The summed E-state index contributed by atoms with van der Waals surface area (Å²) in [6, 6.07) is 0.334. The summed E-state index contributed by atoms with van der Waals surface area (Å²) in [6.07, 6.45) is 3.66. The van der Waals surface area contributed by atoms with Crippen LogP contribution in [0.3, 0.4) is 0 Å². The highest BCUT2D eigenvalue weighted by Gasteiger charge is 2.27. The van der Waals surface area contributed by atoms with E-state index in [0.29, 0.717) is 6.04 Å². The van der Waals surface area contributed by atoms with Crippen LogP contribution < -0.4 is 11.5 Å². The van der Waals surface area contributed by atoms with Crippen LogP contribution in [0.2, 0.25) is 0 Å². The molecule has 0 saturated heterocycles. The third kappa shape index (κ3) is 2.12. The fraction of sp³-hybridized carbons (Fsp3) is 1.00. The van der Waals surface area contributed by atoms with Gasteiger partial charge in [-0.05, 0) is 25.7 Å². The molecule has 0 atom stereocenters. The lowest BCUT2D eigenvalue weighted by molar-refractivity contribution is 0.360. The third-order valence-electron chi connectivity index (χ3n) is 1.86. The molecule has 4 N–H and O–H groups in total. The SMILES string of the molecule is NC1CCC(N)(Cl)CC1. The second-order valence-corrected chi connectivity index (χ2v) is 3.62. The Bertz CT molecular complexity index is 93.2. The number of alkyl halides is 1. The lowest BCUT2D eigenvalue weighted by Gasteiger charge is -2.29. The first-order valence-corrected chi connectivity index (χ1v) is 3.71. The molecule has 0 radical (unpaired) electrons. The van der Waals surface area contributed by atoms with E-state index in [-0.39, 0.29) is 0 Å². The van der Waals surface area contributed by atoms with Gasteiger partial charge in [-0.1, -0.05) is 0 Å². The molecule has 0 aliphatic heterocycles. The Labute approximate surface area is 60.5 Å². The van der Waals surface area contributed by atoms with Crippen LogP contribution >= 0.6 is 11.6 Å². The predicted octanol–water partition coefficient (Wildman–Crippen LogP) is 0.781. The van der Waals surface area contributed by atoms with E-state index < -0.39 is 5.00 Å². The number of nitrogens with two attached hydrogens (primary N) is 2. The number of halogens is 1. The van der Waals surface area contributed by atoms with Gasteiger partial charge in [-0.25, -0.2) is 0 Å².